The third kappa shape index (κ3) is 8.45. The van der Waals surface area contributed by atoms with Crippen LogP contribution in [0, 0.1) is 0 Å². The van der Waals surface area contributed by atoms with Crippen molar-refractivity contribution in [3.05, 3.63) is 35.9 Å². The van der Waals surface area contributed by atoms with E-state index in [2.05, 4.69) is 4.90 Å². The van der Waals surface area contributed by atoms with Crippen molar-refractivity contribution < 1.29 is 19.7 Å². The molecule has 5 heteroatoms. The molecule has 0 aromatic heterocycles. The Morgan fingerprint density at radius 2 is 1.62 bits per heavy atom. The molecule has 0 saturated carbocycles. The number of hydrogen-bond donors (Lipinski definition) is 2. The number of carbonyl (C=O) groups is 1. The van der Waals surface area contributed by atoms with Gasteiger partial charge in [0.2, 0.25) is 0 Å². The molecule has 1 aromatic carbocycles. The highest BCUT2D eigenvalue weighted by Gasteiger charge is 2.09. The van der Waals surface area contributed by atoms with Crippen molar-refractivity contribution in [3.8, 4) is 0 Å². The fourth-order valence-electron chi connectivity index (χ4n) is 1.98. The van der Waals surface area contributed by atoms with Crippen LogP contribution in [0.3, 0.4) is 0 Å². The van der Waals surface area contributed by atoms with E-state index in [1.54, 1.807) is 0 Å². The topological polar surface area (TPSA) is 70.0 Å². The molecule has 21 heavy (non-hydrogen) atoms. The molecule has 118 valence electrons. The summed E-state index contributed by atoms with van der Waals surface area (Å²) in [7, 11) is 0. The lowest BCUT2D eigenvalue weighted by Gasteiger charge is -2.21. The average molecular weight is 295 g/mol. The van der Waals surface area contributed by atoms with Gasteiger partial charge in [-0.1, -0.05) is 30.3 Å². The van der Waals surface area contributed by atoms with Crippen molar-refractivity contribution in [2.24, 2.45) is 0 Å². The normalized spacial score (nSPS) is 10.8. The molecule has 0 unspecified atom stereocenters. The molecule has 0 radical (unpaired) electrons. The maximum atomic E-state index is 11.7. The van der Waals surface area contributed by atoms with Crippen LogP contribution in [0.15, 0.2) is 30.3 Å². The molecule has 0 bridgehead atoms. The number of esters is 1. The fourth-order valence-corrected chi connectivity index (χ4v) is 1.98. The molecule has 0 spiro atoms. The fraction of sp³-hybridized carbons (Fsp3) is 0.562. The van der Waals surface area contributed by atoms with Crippen LogP contribution in [-0.2, 0) is 16.1 Å². The van der Waals surface area contributed by atoms with Crippen LogP contribution >= 0.6 is 0 Å². The lowest BCUT2D eigenvalue weighted by molar-refractivity contribution is -0.145. The average Bonchev–Trinajstić information content (AvgIpc) is 2.53. The number of carbonyl (C=O) groups excluding carboxylic acids is 1. The lowest BCUT2D eigenvalue weighted by Crippen LogP contribution is -2.30. The minimum Gasteiger partial charge on any atom is -0.461 e. The molecule has 0 aliphatic carbocycles. The first-order chi connectivity index (χ1) is 10.3. The molecular formula is C16H25NO4. The molecule has 1 rings (SSSR count). The molecule has 5 nitrogen and oxygen atoms in total. The number of hydrogen-bond acceptors (Lipinski definition) is 5. The van der Waals surface area contributed by atoms with Gasteiger partial charge in [0.15, 0.2) is 0 Å². The predicted octanol–water partition coefficient (Wildman–Crippen LogP) is 1.19. The van der Waals surface area contributed by atoms with Gasteiger partial charge in [0, 0.05) is 32.8 Å². The van der Waals surface area contributed by atoms with E-state index in [0.717, 1.165) is 18.7 Å². The zero-order valence-electron chi connectivity index (χ0n) is 12.4. The zero-order valence-corrected chi connectivity index (χ0v) is 12.4. The van der Waals surface area contributed by atoms with Gasteiger partial charge in [-0.05, 0) is 18.4 Å². The van der Waals surface area contributed by atoms with Crippen LogP contribution in [0.1, 0.15) is 24.8 Å². The quantitative estimate of drug-likeness (QED) is 0.600. The summed E-state index contributed by atoms with van der Waals surface area (Å²) in [6, 6.07) is 9.58. The summed E-state index contributed by atoms with van der Waals surface area (Å²) < 4.78 is 5.22. The van der Waals surface area contributed by atoms with Crippen molar-refractivity contribution in [1.82, 2.24) is 4.90 Å². The Labute approximate surface area is 126 Å². The van der Waals surface area contributed by atoms with Crippen LogP contribution in [0.4, 0.5) is 0 Å². The molecule has 0 aliphatic heterocycles. The summed E-state index contributed by atoms with van der Waals surface area (Å²) in [5.74, 6) is -0.225. The second kappa shape index (κ2) is 11.3. The van der Waals surface area contributed by atoms with Gasteiger partial charge < -0.3 is 19.8 Å². The number of benzene rings is 1. The first-order valence-electron chi connectivity index (χ1n) is 7.40. The molecule has 0 aliphatic rings. The standard InChI is InChI=1S/C16H25NO4/c18-12-4-9-17(10-5-13-19)11-8-16(20)21-14-15-6-2-1-3-7-15/h1-3,6-7,18-19H,4-5,8-14H2. The SMILES string of the molecule is O=C(CCN(CCCO)CCCO)OCc1ccccc1. The van der Waals surface area contributed by atoms with Gasteiger partial charge in [-0.25, -0.2) is 0 Å². The van der Waals surface area contributed by atoms with Crippen LogP contribution in [-0.4, -0.2) is 53.9 Å². The summed E-state index contributed by atoms with van der Waals surface area (Å²) in [5.41, 5.74) is 0.975. The molecule has 0 heterocycles. The first kappa shape index (κ1) is 17.6. The van der Waals surface area contributed by atoms with E-state index >= 15 is 0 Å². The van der Waals surface area contributed by atoms with E-state index in [1.165, 1.54) is 0 Å². The smallest absolute Gasteiger partial charge is 0.307 e. The predicted molar refractivity (Wildman–Crippen MR) is 80.7 cm³/mol. The Hall–Kier alpha value is -1.43. The maximum Gasteiger partial charge on any atom is 0.307 e. The highest BCUT2D eigenvalue weighted by molar-refractivity contribution is 5.69. The molecule has 1 aromatic rings. The minimum absolute atomic E-state index is 0.133. The van der Waals surface area contributed by atoms with E-state index in [9.17, 15) is 4.79 Å². The number of ether oxygens (including phenoxy) is 1. The first-order valence-corrected chi connectivity index (χ1v) is 7.40. The summed E-state index contributed by atoms with van der Waals surface area (Å²) in [4.78, 5) is 13.8. The van der Waals surface area contributed by atoms with Crippen LogP contribution in [0.25, 0.3) is 0 Å². The van der Waals surface area contributed by atoms with Gasteiger partial charge in [0.25, 0.3) is 0 Å². The van der Waals surface area contributed by atoms with Crippen molar-refractivity contribution in [2.75, 3.05) is 32.8 Å². The second-order valence-electron chi connectivity index (χ2n) is 4.89. The largest absolute Gasteiger partial charge is 0.461 e. The second-order valence-corrected chi connectivity index (χ2v) is 4.89. The Morgan fingerprint density at radius 1 is 1.00 bits per heavy atom. The van der Waals surface area contributed by atoms with Crippen LogP contribution in [0.2, 0.25) is 0 Å². The highest BCUT2D eigenvalue weighted by atomic mass is 16.5. The van der Waals surface area contributed by atoms with E-state index in [-0.39, 0.29) is 19.2 Å². The van der Waals surface area contributed by atoms with Gasteiger partial charge in [-0.3, -0.25) is 4.79 Å². The molecule has 0 amide bonds. The Balaban J connectivity index is 2.24. The monoisotopic (exact) mass is 295 g/mol. The third-order valence-electron chi connectivity index (χ3n) is 3.14. The van der Waals surface area contributed by atoms with Crippen molar-refractivity contribution in [2.45, 2.75) is 25.9 Å². The summed E-state index contributed by atoms with van der Waals surface area (Å²) >= 11 is 0. The molecule has 0 saturated heterocycles. The van der Waals surface area contributed by atoms with Crippen molar-refractivity contribution >= 4 is 5.97 Å². The Morgan fingerprint density at radius 3 is 2.19 bits per heavy atom. The number of aliphatic hydroxyl groups is 2. The molecular weight excluding hydrogens is 270 g/mol. The van der Waals surface area contributed by atoms with Gasteiger partial charge >= 0.3 is 5.97 Å². The van der Waals surface area contributed by atoms with E-state index in [1.807, 2.05) is 30.3 Å². The van der Waals surface area contributed by atoms with Crippen LogP contribution in [0.5, 0.6) is 0 Å². The Bertz CT molecular complexity index is 375. The van der Waals surface area contributed by atoms with Crippen molar-refractivity contribution in [1.29, 1.82) is 0 Å². The van der Waals surface area contributed by atoms with Crippen LogP contribution < -0.4 is 0 Å². The van der Waals surface area contributed by atoms with E-state index in [0.29, 0.717) is 32.4 Å². The number of rotatable bonds is 11. The van der Waals surface area contributed by atoms with Gasteiger partial charge in [0.05, 0.1) is 6.42 Å². The Kier molecular flexibility index (Phi) is 9.44. The van der Waals surface area contributed by atoms with Gasteiger partial charge in [-0.2, -0.15) is 0 Å². The lowest BCUT2D eigenvalue weighted by atomic mass is 10.2. The number of aliphatic hydroxyl groups excluding tert-OH is 2. The van der Waals surface area contributed by atoms with Crippen molar-refractivity contribution in [3.63, 3.8) is 0 Å². The minimum atomic E-state index is -0.225. The summed E-state index contributed by atoms with van der Waals surface area (Å²) in [6.45, 7) is 2.60. The molecule has 0 atom stereocenters. The van der Waals surface area contributed by atoms with E-state index in [4.69, 9.17) is 14.9 Å². The van der Waals surface area contributed by atoms with Gasteiger partial charge in [-0.15, -0.1) is 0 Å². The third-order valence-corrected chi connectivity index (χ3v) is 3.14. The molecule has 0 fully saturated rings. The van der Waals surface area contributed by atoms with Gasteiger partial charge in [0.1, 0.15) is 6.61 Å². The molecule has 2 N–H and O–H groups in total. The zero-order chi connectivity index (χ0) is 15.3. The number of nitrogens with zero attached hydrogens (tertiary/aromatic N) is 1. The highest BCUT2D eigenvalue weighted by Crippen LogP contribution is 2.03. The maximum absolute atomic E-state index is 11.7. The summed E-state index contributed by atoms with van der Waals surface area (Å²) in [5, 5.41) is 17.7. The van der Waals surface area contributed by atoms with E-state index < -0.39 is 0 Å². The summed E-state index contributed by atoms with van der Waals surface area (Å²) in [6.07, 6.45) is 1.67.